The zero-order valence-corrected chi connectivity index (χ0v) is 24.9. The predicted molar refractivity (Wildman–Crippen MR) is 160 cm³/mol. The van der Waals surface area contributed by atoms with Gasteiger partial charge >= 0.3 is 12.1 Å². The maximum atomic E-state index is 12.4. The van der Waals surface area contributed by atoms with Crippen LogP contribution in [0.1, 0.15) is 28.8 Å². The van der Waals surface area contributed by atoms with Crippen LogP contribution < -0.4 is 20.9 Å². The van der Waals surface area contributed by atoms with E-state index in [0.717, 1.165) is 47.9 Å². The third kappa shape index (κ3) is 9.71. The summed E-state index contributed by atoms with van der Waals surface area (Å²) in [5, 5.41) is 16.4. The number of nitrogens with one attached hydrogen (secondary N) is 3. The summed E-state index contributed by atoms with van der Waals surface area (Å²) in [6.45, 7) is 5.35. The number of hydrogen-bond donors (Lipinski definition) is 4. The molecule has 41 heavy (non-hydrogen) atoms. The molecule has 2 aromatic carbocycles. The molecule has 2 aliphatic heterocycles. The molecule has 0 aromatic heterocycles. The van der Waals surface area contributed by atoms with Crippen molar-refractivity contribution in [2.45, 2.75) is 19.0 Å². The lowest BCUT2D eigenvalue weighted by atomic mass is 9.95. The molecule has 0 aliphatic carbocycles. The Hall–Kier alpha value is -3.17. The van der Waals surface area contributed by atoms with Crippen molar-refractivity contribution in [3.05, 3.63) is 63.4 Å². The summed E-state index contributed by atoms with van der Waals surface area (Å²) in [5.41, 5.74) is 3.74. The minimum atomic E-state index is -5.08. The highest BCUT2D eigenvalue weighted by Gasteiger charge is 2.38. The molecule has 2 aliphatic rings. The summed E-state index contributed by atoms with van der Waals surface area (Å²) >= 11 is 2.19. The van der Waals surface area contributed by atoms with Gasteiger partial charge in [0.05, 0.1) is 5.57 Å². The average Bonchev–Trinajstić information content (AvgIpc) is 2.91. The fraction of sp³-hybridized carbons (Fsp3) is 0.393. The number of imide groups is 1. The zero-order chi connectivity index (χ0) is 30.2. The van der Waals surface area contributed by atoms with E-state index in [0.29, 0.717) is 16.7 Å². The number of carbonyl (C=O) groups is 3. The van der Waals surface area contributed by atoms with Crippen molar-refractivity contribution >= 4 is 57.3 Å². The van der Waals surface area contributed by atoms with E-state index < -0.39 is 12.1 Å². The highest BCUT2D eigenvalue weighted by atomic mass is 127. The Morgan fingerprint density at radius 3 is 2.32 bits per heavy atom. The standard InChI is InChI=1S/C26H32IN5O2.C2HF3O2/c1-31(2)14-11-28-16-18-9-12-32(13-10-18)21-6-4-20(5-7-21)29-17-24-23-15-19(27)3-8-22(23)25(33)30-26(24)34;3-2(4,5)1(6)7/h3-8,15,17-18,28-29H,9-14,16H2,1-2H3,(H,30,33,34);(H,6,7)/b24-17-;. The molecule has 2 heterocycles. The number of likely N-dealkylation sites (N-methyl/N-ethyl adjacent to an activating group) is 1. The van der Waals surface area contributed by atoms with Crippen LogP contribution in [0.4, 0.5) is 24.5 Å². The molecule has 0 atom stereocenters. The van der Waals surface area contributed by atoms with Crippen molar-refractivity contribution in [3.8, 4) is 0 Å². The Kier molecular flexibility index (Phi) is 11.5. The van der Waals surface area contributed by atoms with Crippen LogP contribution >= 0.6 is 22.6 Å². The number of halogens is 4. The first-order chi connectivity index (χ1) is 19.3. The van der Waals surface area contributed by atoms with Crippen LogP contribution in [0.25, 0.3) is 5.57 Å². The molecular formula is C28H33F3IN5O4. The molecule has 222 valence electrons. The van der Waals surface area contributed by atoms with Gasteiger partial charge in [-0.2, -0.15) is 13.2 Å². The van der Waals surface area contributed by atoms with Gasteiger partial charge in [0.15, 0.2) is 0 Å². The molecule has 4 rings (SSSR count). The van der Waals surface area contributed by atoms with Crippen LogP contribution in [-0.4, -0.2) is 80.8 Å². The fourth-order valence-electron chi connectivity index (χ4n) is 4.37. The van der Waals surface area contributed by atoms with Gasteiger partial charge in [-0.15, -0.1) is 0 Å². The maximum Gasteiger partial charge on any atom is 0.490 e. The molecule has 2 aromatic rings. The smallest absolute Gasteiger partial charge is 0.475 e. The van der Waals surface area contributed by atoms with Crippen LogP contribution in [-0.2, 0) is 9.59 Å². The van der Waals surface area contributed by atoms with Gasteiger partial charge in [-0.25, -0.2) is 4.79 Å². The molecule has 1 fully saturated rings. The minimum absolute atomic E-state index is 0.356. The molecule has 4 N–H and O–H groups in total. The number of hydrogen-bond acceptors (Lipinski definition) is 7. The van der Waals surface area contributed by atoms with Gasteiger partial charge in [0.25, 0.3) is 11.8 Å². The molecule has 0 saturated carbocycles. The first-order valence-corrected chi connectivity index (χ1v) is 14.1. The number of nitrogens with zero attached hydrogens (tertiary/aromatic N) is 2. The predicted octanol–water partition coefficient (Wildman–Crippen LogP) is 4.02. The minimum Gasteiger partial charge on any atom is -0.475 e. The third-order valence-electron chi connectivity index (χ3n) is 6.63. The van der Waals surface area contributed by atoms with E-state index in [2.05, 4.69) is 74.6 Å². The number of carboxylic acids is 1. The van der Waals surface area contributed by atoms with Crippen molar-refractivity contribution in [3.63, 3.8) is 0 Å². The SMILES string of the molecule is CN(C)CCNCC1CCN(c2ccc(N/C=C3\C(=O)NC(=O)c4ccc(I)cc43)cc2)CC1.O=C(O)C(F)(F)F. The Bertz CT molecular complexity index is 1260. The van der Waals surface area contributed by atoms with Crippen molar-refractivity contribution in [2.75, 3.05) is 57.0 Å². The summed E-state index contributed by atoms with van der Waals surface area (Å²) in [7, 11) is 4.21. The summed E-state index contributed by atoms with van der Waals surface area (Å²) in [6, 6.07) is 13.8. The third-order valence-corrected chi connectivity index (χ3v) is 7.30. The number of benzene rings is 2. The largest absolute Gasteiger partial charge is 0.490 e. The number of fused-ring (bicyclic) bond motifs is 1. The molecular weight excluding hydrogens is 654 g/mol. The Labute approximate surface area is 250 Å². The van der Waals surface area contributed by atoms with Crippen molar-refractivity contribution in [1.82, 2.24) is 15.5 Å². The van der Waals surface area contributed by atoms with Crippen LogP contribution in [0.2, 0.25) is 0 Å². The number of piperidine rings is 1. The Morgan fingerprint density at radius 1 is 1.10 bits per heavy atom. The normalized spacial score (nSPS) is 16.7. The van der Waals surface area contributed by atoms with E-state index in [1.54, 1.807) is 12.3 Å². The van der Waals surface area contributed by atoms with Crippen molar-refractivity contribution < 1.29 is 32.7 Å². The Morgan fingerprint density at radius 2 is 1.73 bits per heavy atom. The first-order valence-electron chi connectivity index (χ1n) is 13.0. The molecule has 2 amide bonds. The van der Waals surface area contributed by atoms with E-state index in [4.69, 9.17) is 9.90 Å². The van der Waals surface area contributed by atoms with Crippen molar-refractivity contribution in [2.24, 2.45) is 5.92 Å². The van der Waals surface area contributed by atoms with Gasteiger partial charge in [0, 0.05) is 58.5 Å². The van der Waals surface area contributed by atoms with Gasteiger partial charge in [0.2, 0.25) is 0 Å². The second kappa shape index (κ2) is 14.6. The highest BCUT2D eigenvalue weighted by Crippen LogP contribution is 2.27. The average molecular weight is 688 g/mol. The Balaban J connectivity index is 0.000000587. The van der Waals surface area contributed by atoms with Gasteiger partial charge in [-0.05, 0) is 104 Å². The number of amides is 2. The van der Waals surface area contributed by atoms with Gasteiger partial charge in [0.1, 0.15) is 0 Å². The highest BCUT2D eigenvalue weighted by molar-refractivity contribution is 14.1. The molecule has 0 unspecified atom stereocenters. The lowest BCUT2D eigenvalue weighted by Gasteiger charge is -2.34. The quantitative estimate of drug-likeness (QED) is 0.143. The molecule has 9 nitrogen and oxygen atoms in total. The van der Waals surface area contributed by atoms with Crippen LogP contribution in [0.3, 0.4) is 0 Å². The lowest BCUT2D eigenvalue weighted by molar-refractivity contribution is -0.192. The molecule has 13 heteroatoms. The first kappa shape index (κ1) is 32.3. The number of rotatable bonds is 8. The molecule has 0 spiro atoms. The van der Waals surface area contributed by atoms with Gasteiger partial charge in [-0.3, -0.25) is 14.9 Å². The number of carbonyl (C=O) groups excluding carboxylic acids is 2. The molecule has 1 saturated heterocycles. The topological polar surface area (TPSA) is 114 Å². The van der Waals surface area contributed by atoms with E-state index >= 15 is 0 Å². The summed E-state index contributed by atoms with van der Waals surface area (Å²) in [6.07, 6.45) is -0.999. The van der Waals surface area contributed by atoms with Crippen LogP contribution in [0.5, 0.6) is 0 Å². The van der Waals surface area contributed by atoms with Crippen molar-refractivity contribution in [1.29, 1.82) is 0 Å². The van der Waals surface area contributed by atoms with E-state index in [1.807, 2.05) is 24.3 Å². The number of alkyl halides is 3. The van der Waals surface area contributed by atoms with Crippen LogP contribution in [0, 0.1) is 9.49 Å². The van der Waals surface area contributed by atoms with E-state index in [1.165, 1.54) is 18.5 Å². The van der Waals surface area contributed by atoms with E-state index in [9.17, 15) is 22.8 Å². The second-order valence-corrected chi connectivity index (χ2v) is 11.2. The van der Waals surface area contributed by atoms with Gasteiger partial charge in [-0.1, -0.05) is 0 Å². The summed E-state index contributed by atoms with van der Waals surface area (Å²) in [4.78, 5) is 38.1. The van der Waals surface area contributed by atoms with Gasteiger partial charge < -0.3 is 25.5 Å². The summed E-state index contributed by atoms with van der Waals surface area (Å²) < 4.78 is 32.7. The van der Waals surface area contributed by atoms with Crippen LogP contribution in [0.15, 0.2) is 48.7 Å². The summed E-state index contributed by atoms with van der Waals surface area (Å²) in [5.74, 6) is -2.76. The fourth-order valence-corrected chi connectivity index (χ4v) is 4.86. The maximum absolute atomic E-state index is 12.4. The number of aliphatic carboxylic acids is 1. The van der Waals surface area contributed by atoms with E-state index in [-0.39, 0.29) is 11.8 Å². The molecule has 0 bridgehead atoms. The zero-order valence-electron chi connectivity index (χ0n) is 22.7. The monoisotopic (exact) mass is 687 g/mol. The number of carboxylic acid groups (broad SMARTS) is 1. The number of anilines is 2. The second-order valence-electron chi connectivity index (χ2n) is 9.96. The lowest BCUT2D eigenvalue weighted by Crippen LogP contribution is -2.38. The molecule has 0 radical (unpaired) electrons.